The molecule has 0 aliphatic heterocycles. The Bertz CT molecular complexity index is 649. The molecule has 0 saturated carbocycles. The first-order chi connectivity index (χ1) is 10.5. The van der Waals surface area contributed by atoms with Crippen molar-refractivity contribution in [2.24, 2.45) is 0 Å². The van der Waals surface area contributed by atoms with Gasteiger partial charge in [0.25, 0.3) is 0 Å². The summed E-state index contributed by atoms with van der Waals surface area (Å²) in [6.45, 7) is 6.06. The van der Waals surface area contributed by atoms with Crippen LogP contribution in [0.2, 0.25) is 0 Å². The number of amides is 1. The normalized spacial score (nSPS) is 12.0. The van der Waals surface area contributed by atoms with Gasteiger partial charge in [0.15, 0.2) is 0 Å². The lowest BCUT2D eigenvalue weighted by atomic mass is 10.0. The van der Waals surface area contributed by atoms with Crippen molar-refractivity contribution in [2.45, 2.75) is 39.7 Å². The molecule has 1 N–H and O–H groups in total. The fourth-order valence-electron chi connectivity index (χ4n) is 2.37. The van der Waals surface area contributed by atoms with Gasteiger partial charge in [-0.1, -0.05) is 30.3 Å². The van der Waals surface area contributed by atoms with Crippen molar-refractivity contribution in [3.8, 4) is 0 Å². The smallest absolute Gasteiger partial charge is 0.220 e. The zero-order valence-corrected chi connectivity index (χ0v) is 13.3. The van der Waals surface area contributed by atoms with E-state index in [9.17, 15) is 9.18 Å². The largest absolute Gasteiger partial charge is 0.350 e. The lowest BCUT2D eigenvalue weighted by molar-refractivity contribution is -0.121. The summed E-state index contributed by atoms with van der Waals surface area (Å²) < 4.78 is 12.9. The minimum atomic E-state index is -0.267. The molecule has 0 heterocycles. The van der Waals surface area contributed by atoms with Gasteiger partial charge >= 0.3 is 0 Å². The number of aryl methyl sites for hydroxylation is 3. The van der Waals surface area contributed by atoms with Gasteiger partial charge in [0.2, 0.25) is 5.91 Å². The summed E-state index contributed by atoms with van der Waals surface area (Å²) in [4.78, 5) is 12.0. The second-order valence-electron chi connectivity index (χ2n) is 5.76. The van der Waals surface area contributed by atoms with Gasteiger partial charge in [-0.3, -0.25) is 4.79 Å². The topological polar surface area (TPSA) is 29.1 Å². The third kappa shape index (κ3) is 4.42. The first-order valence-corrected chi connectivity index (χ1v) is 7.56. The molecule has 0 aliphatic carbocycles. The lowest BCUT2D eigenvalue weighted by Gasteiger charge is -2.14. The minimum Gasteiger partial charge on any atom is -0.350 e. The van der Waals surface area contributed by atoms with E-state index in [1.165, 1.54) is 28.8 Å². The Kier molecular flexibility index (Phi) is 5.31. The van der Waals surface area contributed by atoms with Crippen LogP contribution in [-0.4, -0.2) is 5.91 Å². The van der Waals surface area contributed by atoms with Crippen LogP contribution in [0.3, 0.4) is 0 Å². The molecular weight excluding hydrogens is 277 g/mol. The van der Waals surface area contributed by atoms with Crippen molar-refractivity contribution in [2.75, 3.05) is 0 Å². The molecule has 0 aromatic heterocycles. The number of hydrogen-bond acceptors (Lipinski definition) is 1. The van der Waals surface area contributed by atoms with Crippen LogP contribution < -0.4 is 5.32 Å². The van der Waals surface area contributed by atoms with Crippen LogP contribution in [0.25, 0.3) is 0 Å². The second-order valence-corrected chi connectivity index (χ2v) is 5.76. The molecule has 0 aliphatic rings. The fourth-order valence-corrected chi connectivity index (χ4v) is 2.37. The number of benzene rings is 2. The molecular formula is C19H22FNO. The maximum atomic E-state index is 12.9. The third-order valence-corrected chi connectivity index (χ3v) is 3.96. The van der Waals surface area contributed by atoms with Crippen molar-refractivity contribution in [1.82, 2.24) is 5.32 Å². The molecule has 2 aromatic carbocycles. The predicted molar refractivity (Wildman–Crippen MR) is 87.2 cm³/mol. The van der Waals surface area contributed by atoms with Gasteiger partial charge in [-0.25, -0.2) is 4.39 Å². The Morgan fingerprint density at radius 1 is 1.09 bits per heavy atom. The van der Waals surface area contributed by atoms with E-state index < -0.39 is 0 Å². The summed E-state index contributed by atoms with van der Waals surface area (Å²) in [7, 11) is 0. The number of nitrogens with one attached hydrogen (secondary N) is 1. The van der Waals surface area contributed by atoms with Gasteiger partial charge < -0.3 is 5.32 Å². The summed E-state index contributed by atoms with van der Waals surface area (Å²) in [5, 5.41) is 2.95. The Morgan fingerprint density at radius 2 is 1.77 bits per heavy atom. The molecule has 0 radical (unpaired) electrons. The number of carbonyl (C=O) groups is 1. The molecule has 3 heteroatoms. The fraction of sp³-hybridized carbons (Fsp3) is 0.316. The van der Waals surface area contributed by atoms with Gasteiger partial charge in [-0.15, -0.1) is 0 Å². The highest BCUT2D eigenvalue weighted by atomic mass is 19.1. The zero-order chi connectivity index (χ0) is 16.1. The van der Waals surface area contributed by atoms with Gasteiger partial charge in [0.05, 0.1) is 6.04 Å². The standard InChI is InChI=1S/C19H22FNO/c1-13-4-5-16(12-14(13)2)6-11-19(22)21-15(3)17-7-9-18(20)10-8-17/h4-5,7-10,12,15H,6,11H2,1-3H3,(H,21,22)/t15-/m1/s1. The van der Waals surface area contributed by atoms with E-state index >= 15 is 0 Å². The summed E-state index contributed by atoms with van der Waals surface area (Å²) in [6, 6.07) is 12.4. The van der Waals surface area contributed by atoms with E-state index in [1.54, 1.807) is 12.1 Å². The quantitative estimate of drug-likeness (QED) is 0.878. The predicted octanol–water partition coefficient (Wildman–Crippen LogP) is 4.25. The van der Waals surface area contributed by atoms with Crippen molar-refractivity contribution in [1.29, 1.82) is 0 Å². The Balaban J connectivity index is 1.87. The van der Waals surface area contributed by atoms with Crippen LogP contribution in [0.1, 0.15) is 41.6 Å². The van der Waals surface area contributed by atoms with E-state index in [2.05, 4.69) is 37.4 Å². The number of carbonyl (C=O) groups excluding carboxylic acids is 1. The maximum absolute atomic E-state index is 12.9. The summed E-state index contributed by atoms with van der Waals surface area (Å²) in [6.07, 6.45) is 1.18. The SMILES string of the molecule is Cc1ccc(CCC(=O)N[C@H](C)c2ccc(F)cc2)cc1C. The summed E-state index contributed by atoms with van der Waals surface area (Å²) >= 11 is 0. The molecule has 2 rings (SSSR count). The van der Waals surface area contributed by atoms with E-state index in [0.717, 1.165) is 12.0 Å². The second kappa shape index (κ2) is 7.21. The van der Waals surface area contributed by atoms with Crippen LogP contribution in [0.4, 0.5) is 4.39 Å². The van der Waals surface area contributed by atoms with Gasteiger partial charge in [-0.2, -0.15) is 0 Å². The maximum Gasteiger partial charge on any atom is 0.220 e. The van der Waals surface area contributed by atoms with Crippen molar-refractivity contribution in [3.05, 3.63) is 70.5 Å². The molecule has 2 aromatic rings. The van der Waals surface area contributed by atoms with E-state index in [1.807, 2.05) is 6.92 Å². The summed E-state index contributed by atoms with van der Waals surface area (Å²) in [5.41, 5.74) is 4.59. The van der Waals surface area contributed by atoms with E-state index in [4.69, 9.17) is 0 Å². The highest BCUT2D eigenvalue weighted by Gasteiger charge is 2.10. The van der Waals surface area contributed by atoms with Crippen molar-refractivity contribution >= 4 is 5.91 Å². The lowest BCUT2D eigenvalue weighted by Crippen LogP contribution is -2.26. The van der Waals surface area contributed by atoms with E-state index in [-0.39, 0.29) is 17.8 Å². The monoisotopic (exact) mass is 299 g/mol. The Morgan fingerprint density at radius 3 is 2.41 bits per heavy atom. The van der Waals surface area contributed by atoms with E-state index in [0.29, 0.717) is 6.42 Å². The van der Waals surface area contributed by atoms with Crippen molar-refractivity contribution < 1.29 is 9.18 Å². The summed E-state index contributed by atoms with van der Waals surface area (Å²) in [5.74, 6) is -0.257. The van der Waals surface area contributed by atoms with Gasteiger partial charge in [-0.05, 0) is 61.6 Å². The first-order valence-electron chi connectivity index (χ1n) is 7.56. The zero-order valence-electron chi connectivity index (χ0n) is 13.3. The third-order valence-electron chi connectivity index (χ3n) is 3.96. The molecule has 1 amide bonds. The molecule has 0 fully saturated rings. The minimum absolute atomic E-state index is 0.00931. The van der Waals surface area contributed by atoms with Crippen LogP contribution >= 0.6 is 0 Å². The van der Waals surface area contributed by atoms with Crippen LogP contribution in [-0.2, 0) is 11.2 Å². The highest BCUT2D eigenvalue weighted by molar-refractivity contribution is 5.76. The molecule has 22 heavy (non-hydrogen) atoms. The molecule has 0 unspecified atom stereocenters. The van der Waals surface area contributed by atoms with Crippen LogP contribution in [0.5, 0.6) is 0 Å². The van der Waals surface area contributed by atoms with Gasteiger partial charge in [0, 0.05) is 6.42 Å². The number of rotatable bonds is 5. The molecule has 0 spiro atoms. The molecule has 2 nitrogen and oxygen atoms in total. The average molecular weight is 299 g/mol. The number of hydrogen-bond donors (Lipinski definition) is 1. The first kappa shape index (κ1) is 16.2. The molecule has 0 saturated heterocycles. The molecule has 1 atom stereocenters. The number of halogens is 1. The Hall–Kier alpha value is -2.16. The van der Waals surface area contributed by atoms with Crippen LogP contribution in [0.15, 0.2) is 42.5 Å². The molecule has 116 valence electrons. The average Bonchev–Trinajstić information content (AvgIpc) is 2.49. The highest BCUT2D eigenvalue weighted by Crippen LogP contribution is 2.14. The van der Waals surface area contributed by atoms with Crippen molar-refractivity contribution in [3.63, 3.8) is 0 Å². The van der Waals surface area contributed by atoms with Gasteiger partial charge in [0.1, 0.15) is 5.82 Å². The Labute approximate surface area is 131 Å². The van der Waals surface area contributed by atoms with Crippen LogP contribution in [0, 0.1) is 19.7 Å². The molecule has 0 bridgehead atoms.